The second-order valence-corrected chi connectivity index (χ2v) is 5.60. The molecule has 5 nitrogen and oxygen atoms in total. The summed E-state index contributed by atoms with van der Waals surface area (Å²) in [5, 5.41) is 6.69. The van der Waals surface area contributed by atoms with Crippen LogP contribution in [0.3, 0.4) is 0 Å². The van der Waals surface area contributed by atoms with E-state index in [0.29, 0.717) is 27.9 Å². The fraction of sp³-hybridized carbons (Fsp3) is 0.0588. The number of hydrogen-bond donors (Lipinski definition) is 2. The second-order valence-electron chi connectivity index (χ2n) is 5.16. The van der Waals surface area contributed by atoms with Crippen molar-refractivity contribution >= 4 is 23.3 Å². The Balaban J connectivity index is 1.63. The molecule has 1 atom stereocenters. The van der Waals surface area contributed by atoms with Gasteiger partial charge in [0.25, 0.3) is 5.91 Å². The zero-order valence-corrected chi connectivity index (χ0v) is 12.7. The van der Waals surface area contributed by atoms with Crippen LogP contribution in [0.25, 0.3) is 11.3 Å². The molecule has 3 heterocycles. The van der Waals surface area contributed by atoms with E-state index in [4.69, 9.17) is 16.0 Å². The Morgan fingerprint density at radius 1 is 1.04 bits per heavy atom. The van der Waals surface area contributed by atoms with Gasteiger partial charge in [-0.2, -0.15) is 0 Å². The lowest BCUT2D eigenvalue weighted by molar-refractivity contribution is 0.0930. The highest BCUT2D eigenvalue weighted by molar-refractivity contribution is 6.30. The number of furan rings is 1. The molecule has 2 N–H and O–H groups in total. The Morgan fingerprint density at radius 2 is 1.87 bits per heavy atom. The van der Waals surface area contributed by atoms with Crippen LogP contribution in [-0.2, 0) is 0 Å². The van der Waals surface area contributed by atoms with Gasteiger partial charge in [-0.15, -0.1) is 0 Å². The lowest BCUT2D eigenvalue weighted by Crippen LogP contribution is -2.38. The van der Waals surface area contributed by atoms with Gasteiger partial charge in [0.15, 0.2) is 6.17 Å². The predicted molar refractivity (Wildman–Crippen MR) is 87.2 cm³/mol. The predicted octanol–water partition coefficient (Wildman–Crippen LogP) is 3.85. The van der Waals surface area contributed by atoms with Crippen LogP contribution >= 0.6 is 11.6 Å². The van der Waals surface area contributed by atoms with Gasteiger partial charge in [0.2, 0.25) is 0 Å². The molecule has 23 heavy (non-hydrogen) atoms. The average molecular weight is 326 g/mol. The summed E-state index contributed by atoms with van der Waals surface area (Å²) in [6.45, 7) is 0. The number of fused-ring (bicyclic) bond motifs is 1. The van der Waals surface area contributed by atoms with E-state index in [1.165, 1.54) is 0 Å². The molecule has 0 fully saturated rings. The number of hydrogen-bond acceptors (Lipinski definition) is 4. The quantitative estimate of drug-likeness (QED) is 0.751. The topological polar surface area (TPSA) is 67.2 Å². The van der Waals surface area contributed by atoms with Gasteiger partial charge in [-0.3, -0.25) is 4.79 Å². The highest BCUT2D eigenvalue weighted by atomic mass is 35.5. The summed E-state index contributed by atoms with van der Waals surface area (Å²) in [6.07, 6.45) is 1.19. The molecule has 4 rings (SSSR count). The van der Waals surface area contributed by atoms with E-state index in [1.54, 1.807) is 30.5 Å². The first-order valence-electron chi connectivity index (χ1n) is 7.09. The minimum absolute atomic E-state index is 0.179. The van der Waals surface area contributed by atoms with E-state index in [2.05, 4.69) is 15.6 Å². The zero-order chi connectivity index (χ0) is 15.8. The van der Waals surface area contributed by atoms with Crippen LogP contribution in [0.1, 0.15) is 22.3 Å². The van der Waals surface area contributed by atoms with Crippen molar-refractivity contribution in [1.29, 1.82) is 0 Å². The molecule has 0 aliphatic carbocycles. The van der Waals surface area contributed by atoms with E-state index >= 15 is 0 Å². The first kappa shape index (κ1) is 13.8. The van der Waals surface area contributed by atoms with Crippen molar-refractivity contribution in [3.05, 3.63) is 71.1 Å². The minimum atomic E-state index is -0.453. The van der Waals surface area contributed by atoms with Crippen molar-refractivity contribution < 1.29 is 9.21 Å². The first-order chi connectivity index (χ1) is 11.2. The highest BCUT2D eigenvalue weighted by Gasteiger charge is 2.27. The molecule has 3 aromatic rings. The molecular weight excluding hydrogens is 314 g/mol. The maximum Gasteiger partial charge on any atom is 0.256 e. The monoisotopic (exact) mass is 325 g/mol. The third-order valence-electron chi connectivity index (χ3n) is 3.65. The Morgan fingerprint density at radius 3 is 2.70 bits per heavy atom. The van der Waals surface area contributed by atoms with Gasteiger partial charge < -0.3 is 15.1 Å². The Bertz CT molecular complexity index is 874. The van der Waals surface area contributed by atoms with Crippen molar-refractivity contribution in [2.75, 3.05) is 5.32 Å². The molecule has 1 aromatic carbocycles. The molecule has 1 aliphatic heterocycles. The third-order valence-corrected chi connectivity index (χ3v) is 3.90. The zero-order valence-electron chi connectivity index (χ0n) is 11.9. The molecular formula is C17H12ClN3O2. The smallest absolute Gasteiger partial charge is 0.256 e. The van der Waals surface area contributed by atoms with Crippen molar-refractivity contribution in [2.24, 2.45) is 0 Å². The fourth-order valence-corrected chi connectivity index (χ4v) is 2.63. The van der Waals surface area contributed by atoms with Gasteiger partial charge in [0, 0.05) is 16.8 Å². The van der Waals surface area contributed by atoms with E-state index in [-0.39, 0.29) is 5.91 Å². The number of halogens is 1. The van der Waals surface area contributed by atoms with Crippen molar-refractivity contribution in [3.8, 4) is 11.3 Å². The van der Waals surface area contributed by atoms with Crippen LogP contribution in [0.2, 0.25) is 5.02 Å². The molecule has 0 radical (unpaired) electrons. The summed E-state index contributed by atoms with van der Waals surface area (Å²) < 4.78 is 5.86. The Kier molecular flexibility index (Phi) is 3.28. The van der Waals surface area contributed by atoms with E-state index in [9.17, 15) is 4.79 Å². The largest absolute Gasteiger partial charge is 0.457 e. The summed E-state index contributed by atoms with van der Waals surface area (Å²) in [6, 6.07) is 14.5. The second kappa shape index (κ2) is 5.44. The molecule has 114 valence electrons. The van der Waals surface area contributed by atoms with Crippen LogP contribution in [0.15, 0.2) is 59.1 Å². The van der Waals surface area contributed by atoms with Crippen LogP contribution in [0.5, 0.6) is 0 Å². The maximum atomic E-state index is 12.1. The summed E-state index contributed by atoms with van der Waals surface area (Å²) in [5.41, 5.74) is 1.44. The van der Waals surface area contributed by atoms with Gasteiger partial charge >= 0.3 is 0 Å². The van der Waals surface area contributed by atoms with Crippen molar-refractivity contribution in [3.63, 3.8) is 0 Å². The molecule has 0 spiro atoms. The van der Waals surface area contributed by atoms with Crippen LogP contribution in [0, 0.1) is 0 Å². The number of amides is 1. The average Bonchev–Trinajstić information content (AvgIpc) is 3.05. The molecule has 0 saturated heterocycles. The highest BCUT2D eigenvalue weighted by Crippen LogP contribution is 2.29. The summed E-state index contributed by atoms with van der Waals surface area (Å²) in [5.74, 6) is 1.69. The van der Waals surface area contributed by atoms with Crippen molar-refractivity contribution in [2.45, 2.75) is 6.17 Å². The number of carbonyl (C=O) groups is 1. The van der Waals surface area contributed by atoms with E-state index in [1.807, 2.05) is 24.3 Å². The Labute approximate surface area is 137 Å². The van der Waals surface area contributed by atoms with Gasteiger partial charge in [0.05, 0.1) is 5.56 Å². The minimum Gasteiger partial charge on any atom is -0.457 e. The molecule has 6 heteroatoms. The molecule has 1 amide bonds. The summed E-state index contributed by atoms with van der Waals surface area (Å²) >= 11 is 5.89. The SMILES string of the molecule is O=C1NC(c2ccc(-c3ccc(Cl)cc3)o2)Nc2ncccc21. The van der Waals surface area contributed by atoms with Crippen LogP contribution in [-0.4, -0.2) is 10.9 Å². The van der Waals surface area contributed by atoms with Gasteiger partial charge in [-0.25, -0.2) is 4.98 Å². The number of rotatable bonds is 2. The normalized spacial score (nSPS) is 16.4. The standard InChI is InChI=1S/C17H12ClN3O2/c18-11-5-3-10(4-6-11)13-7-8-14(23-13)16-20-15-12(17(22)21-16)2-1-9-19-15/h1-9,16H,(H,19,20)(H,21,22). The molecule has 0 bridgehead atoms. The third kappa shape index (κ3) is 2.55. The van der Waals surface area contributed by atoms with Gasteiger partial charge in [-0.1, -0.05) is 11.6 Å². The number of carbonyl (C=O) groups excluding carboxylic acids is 1. The number of nitrogens with zero attached hydrogens (tertiary/aromatic N) is 1. The van der Waals surface area contributed by atoms with E-state index in [0.717, 1.165) is 5.56 Å². The lowest BCUT2D eigenvalue weighted by Gasteiger charge is -2.25. The molecule has 2 aromatic heterocycles. The van der Waals surface area contributed by atoms with Gasteiger partial charge in [0.1, 0.15) is 17.3 Å². The maximum absolute atomic E-state index is 12.1. The molecule has 1 unspecified atom stereocenters. The van der Waals surface area contributed by atoms with Crippen LogP contribution < -0.4 is 10.6 Å². The number of benzene rings is 1. The summed E-state index contributed by atoms with van der Waals surface area (Å²) in [7, 11) is 0. The number of pyridine rings is 1. The van der Waals surface area contributed by atoms with Gasteiger partial charge in [-0.05, 0) is 48.5 Å². The van der Waals surface area contributed by atoms with E-state index < -0.39 is 6.17 Å². The Hall–Kier alpha value is -2.79. The molecule has 0 saturated carbocycles. The lowest BCUT2D eigenvalue weighted by atomic mass is 10.1. The first-order valence-corrected chi connectivity index (χ1v) is 7.46. The molecule has 1 aliphatic rings. The number of nitrogens with one attached hydrogen (secondary N) is 2. The van der Waals surface area contributed by atoms with Crippen molar-refractivity contribution in [1.82, 2.24) is 10.3 Å². The van der Waals surface area contributed by atoms with Crippen LogP contribution in [0.4, 0.5) is 5.82 Å². The number of aromatic nitrogens is 1. The fourth-order valence-electron chi connectivity index (χ4n) is 2.50. The number of anilines is 1. The summed E-state index contributed by atoms with van der Waals surface area (Å²) in [4.78, 5) is 16.3.